The molecule has 4 rings (SSSR count). The van der Waals surface area contributed by atoms with Gasteiger partial charge in [0, 0.05) is 30.9 Å². The van der Waals surface area contributed by atoms with E-state index in [-0.39, 0.29) is 0 Å². The smallest absolute Gasteiger partial charge is 0.201 e. The zero-order valence-corrected chi connectivity index (χ0v) is 16.8. The van der Waals surface area contributed by atoms with E-state index in [0.29, 0.717) is 0 Å². The zero-order valence-electron chi connectivity index (χ0n) is 15.3. The van der Waals surface area contributed by atoms with E-state index in [1.807, 2.05) is 6.07 Å². The number of hydrogen-bond acceptors (Lipinski definition) is 4. The van der Waals surface area contributed by atoms with E-state index in [2.05, 4.69) is 52.9 Å². The summed E-state index contributed by atoms with van der Waals surface area (Å²) in [5.41, 5.74) is 3.08. The van der Waals surface area contributed by atoms with Crippen LogP contribution in [0.15, 0.2) is 30.3 Å². The van der Waals surface area contributed by atoms with Crippen LogP contribution in [-0.2, 0) is 0 Å². The van der Waals surface area contributed by atoms with Gasteiger partial charge in [-0.3, -0.25) is 0 Å². The molecule has 0 amide bonds. The molecule has 136 valence electrons. The Bertz CT molecular complexity index is 969. The van der Waals surface area contributed by atoms with Crippen molar-refractivity contribution in [1.82, 2.24) is 14.9 Å². The van der Waals surface area contributed by atoms with Gasteiger partial charge < -0.3 is 10.2 Å². The van der Waals surface area contributed by atoms with E-state index < -0.39 is 0 Å². The van der Waals surface area contributed by atoms with Gasteiger partial charge in [-0.1, -0.05) is 11.6 Å². The molecule has 1 aromatic rings. The molecule has 2 aliphatic heterocycles. The van der Waals surface area contributed by atoms with Gasteiger partial charge >= 0.3 is 0 Å². The summed E-state index contributed by atoms with van der Waals surface area (Å²) in [6, 6.07) is 10.8. The van der Waals surface area contributed by atoms with Crippen molar-refractivity contribution in [1.29, 1.82) is 0 Å². The normalized spacial score (nSPS) is 15.0. The predicted octanol–water partition coefficient (Wildman–Crippen LogP) is 3.28. The van der Waals surface area contributed by atoms with Crippen LogP contribution >= 0.6 is 22.9 Å². The minimum absolute atomic E-state index is 0.730. The van der Waals surface area contributed by atoms with Crippen molar-refractivity contribution in [2.75, 3.05) is 44.2 Å². The van der Waals surface area contributed by atoms with Crippen LogP contribution in [0.3, 0.4) is 0 Å². The molecule has 1 saturated heterocycles. The molecule has 0 bridgehead atoms. The molecule has 0 atom stereocenters. The maximum absolute atomic E-state index is 6.58. The Morgan fingerprint density at radius 2 is 1.92 bits per heavy atom. The van der Waals surface area contributed by atoms with Crippen LogP contribution in [-0.4, -0.2) is 44.3 Å². The highest BCUT2D eigenvalue weighted by atomic mass is 35.5. The highest BCUT2D eigenvalue weighted by Gasteiger charge is 2.16. The largest absolute Gasteiger partial charge is 0.372 e. The summed E-state index contributed by atoms with van der Waals surface area (Å²) < 4.78 is 3.58. The Kier molecular flexibility index (Phi) is 5.11. The number of nitrogens with zero attached hydrogens (tertiary/aromatic N) is 3. The second-order valence-electron chi connectivity index (χ2n) is 6.55. The van der Waals surface area contributed by atoms with Gasteiger partial charge in [-0.15, -0.1) is 11.3 Å². The van der Waals surface area contributed by atoms with Gasteiger partial charge in [-0.25, -0.2) is 9.56 Å². The van der Waals surface area contributed by atoms with Gasteiger partial charge in [-0.2, -0.15) is 0 Å². The number of hydrogen-bond donors (Lipinski definition) is 1. The lowest BCUT2D eigenvalue weighted by atomic mass is 10.2. The van der Waals surface area contributed by atoms with Crippen molar-refractivity contribution < 1.29 is 0 Å². The Labute approximate surface area is 163 Å². The third kappa shape index (κ3) is 3.31. The minimum Gasteiger partial charge on any atom is -0.372 e. The number of piperazine rings is 1. The molecule has 1 fully saturated rings. The molecule has 1 N–H and O–H groups in total. The quantitative estimate of drug-likeness (QED) is 0.552. The molecular weight excluding hydrogens is 364 g/mol. The lowest BCUT2D eigenvalue weighted by Gasteiger charge is -2.22. The van der Waals surface area contributed by atoms with E-state index >= 15 is 0 Å². The van der Waals surface area contributed by atoms with Crippen LogP contribution in [0.4, 0.5) is 5.69 Å². The Morgan fingerprint density at radius 3 is 2.65 bits per heavy atom. The van der Waals surface area contributed by atoms with Crippen LogP contribution in [0.1, 0.15) is 13.8 Å². The molecule has 0 unspecified atom stereocenters. The van der Waals surface area contributed by atoms with Crippen LogP contribution < -0.4 is 20.1 Å². The predicted molar refractivity (Wildman–Crippen MR) is 113 cm³/mol. The summed E-state index contributed by atoms with van der Waals surface area (Å²) in [6.45, 7) is 10.5. The Balaban J connectivity index is 1.89. The van der Waals surface area contributed by atoms with Crippen molar-refractivity contribution in [2.24, 2.45) is 0 Å². The first-order chi connectivity index (χ1) is 12.7. The van der Waals surface area contributed by atoms with Crippen molar-refractivity contribution in [2.45, 2.75) is 13.8 Å². The molecule has 3 aliphatic rings. The highest BCUT2D eigenvalue weighted by molar-refractivity contribution is 7.21. The topological polar surface area (TPSA) is 31.2 Å². The van der Waals surface area contributed by atoms with Gasteiger partial charge in [0.05, 0.1) is 38.9 Å². The van der Waals surface area contributed by atoms with E-state index in [0.717, 1.165) is 60.2 Å². The number of rotatable bonds is 3. The lowest BCUT2D eigenvalue weighted by Crippen LogP contribution is -2.45. The molecule has 0 radical (unpaired) electrons. The van der Waals surface area contributed by atoms with E-state index in [1.54, 1.807) is 11.3 Å². The molecule has 6 heteroatoms. The fraction of sp³-hybridized carbons (Fsp3) is 0.400. The highest BCUT2D eigenvalue weighted by Crippen LogP contribution is 2.36. The molecule has 0 spiro atoms. The van der Waals surface area contributed by atoms with Crippen LogP contribution in [0.2, 0.25) is 5.02 Å². The standard InChI is InChI=1S/C20H24ClN4S/c1-3-24(4-2)15-11-16(21)20-19(13-15)26-18-12-14(5-6-17(18)23-20)25-9-7-22-8-10-25/h5-6,11-13,22H,3-4,7-10H2,1-2H3/q+1. The summed E-state index contributed by atoms with van der Waals surface area (Å²) in [7, 11) is 0. The lowest BCUT2D eigenvalue weighted by molar-refractivity contribution is 0.467. The Hall–Kier alpha value is -1.69. The van der Waals surface area contributed by atoms with Crippen molar-refractivity contribution in [3.8, 4) is 10.6 Å². The fourth-order valence-corrected chi connectivity index (χ4v) is 4.93. The van der Waals surface area contributed by atoms with E-state index in [1.165, 1.54) is 15.9 Å². The second-order valence-corrected chi connectivity index (χ2v) is 8.04. The average Bonchev–Trinajstić information content (AvgIpc) is 2.68. The maximum Gasteiger partial charge on any atom is 0.201 e. The minimum atomic E-state index is 0.730. The molecule has 2 heterocycles. The maximum atomic E-state index is 6.58. The molecule has 1 aliphatic carbocycles. The third-order valence-corrected chi connectivity index (χ3v) is 6.39. The number of fused-ring (bicyclic) bond motifs is 2. The summed E-state index contributed by atoms with van der Waals surface area (Å²) in [6.07, 6.45) is 0. The number of nitrogens with one attached hydrogen (secondary N) is 1. The molecule has 1 aromatic carbocycles. The van der Waals surface area contributed by atoms with Crippen molar-refractivity contribution >= 4 is 38.8 Å². The first-order valence-corrected chi connectivity index (χ1v) is 10.5. The van der Waals surface area contributed by atoms with Crippen LogP contribution in [0, 0.1) is 0 Å². The zero-order chi connectivity index (χ0) is 18.1. The molecule has 26 heavy (non-hydrogen) atoms. The third-order valence-electron chi connectivity index (χ3n) is 5.02. The number of anilines is 1. The average molecular weight is 388 g/mol. The number of benzene rings is 2. The van der Waals surface area contributed by atoms with Gasteiger partial charge in [0.15, 0.2) is 13.1 Å². The fourth-order valence-electron chi connectivity index (χ4n) is 3.55. The summed E-state index contributed by atoms with van der Waals surface area (Å²) in [4.78, 5) is 8.37. The first-order valence-electron chi connectivity index (χ1n) is 9.27. The summed E-state index contributed by atoms with van der Waals surface area (Å²) in [5.74, 6) is 0. The van der Waals surface area contributed by atoms with Crippen LogP contribution in [0.5, 0.6) is 0 Å². The molecule has 0 saturated carbocycles. The van der Waals surface area contributed by atoms with Gasteiger partial charge in [0.2, 0.25) is 5.36 Å². The molecular formula is C20H24ClN4S+. The van der Waals surface area contributed by atoms with E-state index in [4.69, 9.17) is 16.6 Å². The van der Waals surface area contributed by atoms with Crippen molar-refractivity contribution in [3.05, 3.63) is 40.7 Å². The first kappa shape index (κ1) is 17.7. The van der Waals surface area contributed by atoms with Crippen molar-refractivity contribution in [3.63, 3.8) is 0 Å². The Morgan fingerprint density at radius 1 is 1.15 bits per heavy atom. The SMILES string of the molecule is CCN(CC)c1cc(Cl)c2nc3ccc(=[N+]4CCNCC4)cc-3sc2c1. The molecule has 4 nitrogen and oxygen atoms in total. The van der Waals surface area contributed by atoms with Gasteiger partial charge in [0.25, 0.3) is 0 Å². The monoisotopic (exact) mass is 387 g/mol. The number of aromatic nitrogens is 1. The summed E-state index contributed by atoms with van der Waals surface area (Å²) >= 11 is 8.36. The van der Waals surface area contributed by atoms with Gasteiger partial charge in [0.1, 0.15) is 0 Å². The second kappa shape index (κ2) is 7.51. The molecule has 0 aromatic heterocycles. The van der Waals surface area contributed by atoms with Gasteiger partial charge in [-0.05, 0) is 32.0 Å². The number of halogens is 1. The summed E-state index contributed by atoms with van der Waals surface area (Å²) in [5, 5.41) is 5.42. The van der Waals surface area contributed by atoms with E-state index in [9.17, 15) is 0 Å². The van der Waals surface area contributed by atoms with Crippen LogP contribution in [0.25, 0.3) is 20.8 Å².